The normalized spacial score (nSPS) is 15.0. The third-order valence-corrected chi connectivity index (χ3v) is 3.12. The molecule has 1 aromatic carbocycles. The van der Waals surface area contributed by atoms with E-state index in [-0.39, 0.29) is 18.3 Å². The Labute approximate surface area is 123 Å². The lowest BCUT2D eigenvalue weighted by molar-refractivity contribution is 0.170. The zero-order chi connectivity index (χ0) is 15.0. The number of rotatable bonds is 3. The first kappa shape index (κ1) is 13.7. The quantitative estimate of drug-likeness (QED) is 0.864. The van der Waals surface area contributed by atoms with Gasteiger partial charge in [0.25, 0.3) is 5.89 Å². The maximum Gasteiger partial charge on any atom is 0.267 e. The molecule has 0 bridgehead atoms. The summed E-state index contributed by atoms with van der Waals surface area (Å²) in [7, 11) is 0. The van der Waals surface area contributed by atoms with Gasteiger partial charge in [0.05, 0.1) is 0 Å². The molecule has 0 amide bonds. The fourth-order valence-corrected chi connectivity index (χ4v) is 1.91. The first-order valence-electron chi connectivity index (χ1n) is 6.84. The van der Waals surface area contributed by atoms with Crippen molar-refractivity contribution in [1.82, 2.24) is 10.1 Å². The Morgan fingerprint density at radius 3 is 2.67 bits per heavy atom. The highest BCUT2D eigenvalue weighted by Gasteiger charge is 2.24. The van der Waals surface area contributed by atoms with Gasteiger partial charge in [0.1, 0.15) is 5.75 Å². The van der Waals surface area contributed by atoms with Crippen LogP contribution in [-0.2, 0) is 5.41 Å². The summed E-state index contributed by atoms with van der Waals surface area (Å²) < 4.78 is 21.7. The molecule has 2 aromatic rings. The van der Waals surface area contributed by atoms with Crippen LogP contribution in [0.5, 0.6) is 17.2 Å². The molecule has 3 rings (SSSR count). The molecule has 0 N–H and O–H groups in total. The first-order chi connectivity index (χ1) is 9.93. The minimum atomic E-state index is -0.339. The molecule has 1 aromatic heterocycles. The predicted molar refractivity (Wildman–Crippen MR) is 74.6 cm³/mol. The molecule has 2 heterocycles. The molecule has 112 valence electrons. The number of nitrogens with zero attached hydrogens (tertiary/aromatic N) is 2. The zero-order valence-corrected chi connectivity index (χ0v) is 12.5. The summed E-state index contributed by atoms with van der Waals surface area (Å²) in [5.41, 5.74) is -0.153. The van der Waals surface area contributed by atoms with E-state index in [0.717, 1.165) is 5.75 Å². The largest absolute Gasteiger partial charge is 0.481 e. The van der Waals surface area contributed by atoms with E-state index in [1.165, 1.54) is 0 Å². The molecule has 1 atom stereocenters. The Bertz CT molecular complexity index is 645. The standard InChI is InChI=1S/C15H18N2O4/c1-9(13-16-14(17-21-13)15(2,3)4)20-10-5-6-11-12(7-10)19-8-18-11/h5-7,9H,8H2,1-4H3/t9-/m0/s1. The van der Waals surface area contributed by atoms with Crippen LogP contribution in [0.15, 0.2) is 22.7 Å². The van der Waals surface area contributed by atoms with Gasteiger partial charge in [-0.2, -0.15) is 4.98 Å². The average molecular weight is 290 g/mol. The highest BCUT2D eigenvalue weighted by Crippen LogP contribution is 2.36. The van der Waals surface area contributed by atoms with Crippen LogP contribution < -0.4 is 14.2 Å². The van der Waals surface area contributed by atoms with Crippen molar-refractivity contribution in [3.63, 3.8) is 0 Å². The van der Waals surface area contributed by atoms with Crippen LogP contribution in [0.1, 0.15) is 45.5 Å². The van der Waals surface area contributed by atoms with Crippen LogP contribution in [-0.4, -0.2) is 16.9 Å². The monoisotopic (exact) mass is 290 g/mol. The summed E-state index contributed by atoms with van der Waals surface area (Å²) in [5.74, 6) is 3.20. The van der Waals surface area contributed by atoms with Gasteiger partial charge >= 0.3 is 0 Å². The molecule has 0 spiro atoms. The number of ether oxygens (including phenoxy) is 3. The Kier molecular flexibility index (Phi) is 3.23. The number of benzene rings is 1. The molecule has 0 saturated heterocycles. The lowest BCUT2D eigenvalue weighted by atomic mass is 9.96. The van der Waals surface area contributed by atoms with Gasteiger partial charge in [-0.05, 0) is 19.1 Å². The van der Waals surface area contributed by atoms with Crippen LogP contribution >= 0.6 is 0 Å². The van der Waals surface area contributed by atoms with Crippen molar-refractivity contribution < 1.29 is 18.7 Å². The van der Waals surface area contributed by atoms with Crippen molar-refractivity contribution in [3.8, 4) is 17.2 Å². The summed E-state index contributed by atoms with van der Waals surface area (Å²) in [6.07, 6.45) is -0.339. The second kappa shape index (κ2) is 4.95. The maximum atomic E-state index is 5.82. The van der Waals surface area contributed by atoms with Crippen molar-refractivity contribution in [2.24, 2.45) is 0 Å². The van der Waals surface area contributed by atoms with E-state index in [2.05, 4.69) is 10.1 Å². The molecular formula is C15H18N2O4. The van der Waals surface area contributed by atoms with Crippen molar-refractivity contribution in [1.29, 1.82) is 0 Å². The van der Waals surface area contributed by atoms with Crippen LogP contribution in [0, 0.1) is 0 Å². The van der Waals surface area contributed by atoms with Gasteiger partial charge in [-0.3, -0.25) is 0 Å². The highest BCUT2D eigenvalue weighted by molar-refractivity contribution is 5.46. The predicted octanol–water partition coefficient (Wildman–Crippen LogP) is 3.24. The van der Waals surface area contributed by atoms with Crippen LogP contribution in [0.3, 0.4) is 0 Å². The van der Waals surface area contributed by atoms with Gasteiger partial charge in [-0.1, -0.05) is 25.9 Å². The number of hydrogen-bond donors (Lipinski definition) is 0. The van der Waals surface area contributed by atoms with Crippen LogP contribution in [0.2, 0.25) is 0 Å². The van der Waals surface area contributed by atoms with E-state index in [1.807, 2.05) is 39.8 Å². The molecule has 1 aliphatic heterocycles. The van der Waals surface area contributed by atoms with E-state index in [0.29, 0.717) is 23.2 Å². The summed E-state index contributed by atoms with van der Waals surface area (Å²) >= 11 is 0. The van der Waals surface area contributed by atoms with Gasteiger partial charge in [-0.25, -0.2) is 0 Å². The highest BCUT2D eigenvalue weighted by atomic mass is 16.7. The first-order valence-corrected chi connectivity index (χ1v) is 6.84. The molecule has 0 saturated carbocycles. The average Bonchev–Trinajstić information content (AvgIpc) is 3.06. The fourth-order valence-electron chi connectivity index (χ4n) is 1.91. The van der Waals surface area contributed by atoms with Gasteiger partial charge in [0.15, 0.2) is 23.4 Å². The molecule has 21 heavy (non-hydrogen) atoms. The van der Waals surface area contributed by atoms with Gasteiger partial charge < -0.3 is 18.7 Å². The van der Waals surface area contributed by atoms with E-state index in [9.17, 15) is 0 Å². The number of aromatic nitrogens is 2. The minimum Gasteiger partial charge on any atom is -0.481 e. The van der Waals surface area contributed by atoms with Crippen molar-refractivity contribution in [2.75, 3.05) is 6.79 Å². The molecule has 6 heteroatoms. The van der Waals surface area contributed by atoms with E-state index < -0.39 is 0 Å². The molecule has 0 unspecified atom stereocenters. The Morgan fingerprint density at radius 2 is 1.95 bits per heavy atom. The molecule has 0 radical (unpaired) electrons. The number of fused-ring (bicyclic) bond motifs is 1. The third-order valence-electron chi connectivity index (χ3n) is 3.12. The van der Waals surface area contributed by atoms with E-state index in [4.69, 9.17) is 18.7 Å². The van der Waals surface area contributed by atoms with Crippen LogP contribution in [0.4, 0.5) is 0 Å². The van der Waals surface area contributed by atoms with Gasteiger partial charge in [0, 0.05) is 11.5 Å². The second-order valence-corrected chi connectivity index (χ2v) is 5.98. The van der Waals surface area contributed by atoms with Gasteiger partial charge in [-0.15, -0.1) is 0 Å². The van der Waals surface area contributed by atoms with Crippen molar-refractivity contribution >= 4 is 0 Å². The molecule has 1 aliphatic rings. The fraction of sp³-hybridized carbons (Fsp3) is 0.467. The summed E-state index contributed by atoms with van der Waals surface area (Å²) in [6.45, 7) is 8.21. The maximum absolute atomic E-state index is 5.82. The molecule has 6 nitrogen and oxygen atoms in total. The lowest BCUT2D eigenvalue weighted by Crippen LogP contribution is -2.13. The second-order valence-electron chi connectivity index (χ2n) is 5.98. The zero-order valence-electron chi connectivity index (χ0n) is 12.5. The molecule has 0 aliphatic carbocycles. The number of hydrogen-bond acceptors (Lipinski definition) is 6. The van der Waals surface area contributed by atoms with E-state index in [1.54, 1.807) is 6.07 Å². The summed E-state index contributed by atoms with van der Waals surface area (Å²) in [5, 5.41) is 4.00. The molecule has 0 fully saturated rings. The van der Waals surface area contributed by atoms with Crippen LogP contribution in [0.25, 0.3) is 0 Å². The topological polar surface area (TPSA) is 66.6 Å². The van der Waals surface area contributed by atoms with Crippen molar-refractivity contribution in [3.05, 3.63) is 29.9 Å². The summed E-state index contributed by atoms with van der Waals surface area (Å²) in [4.78, 5) is 4.39. The van der Waals surface area contributed by atoms with Gasteiger partial charge in [0.2, 0.25) is 6.79 Å². The molecular weight excluding hydrogens is 272 g/mol. The van der Waals surface area contributed by atoms with Crippen molar-refractivity contribution in [2.45, 2.75) is 39.2 Å². The Morgan fingerprint density at radius 1 is 1.19 bits per heavy atom. The van der Waals surface area contributed by atoms with E-state index >= 15 is 0 Å². The third kappa shape index (κ3) is 2.79. The lowest BCUT2D eigenvalue weighted by Gasteiger charge is -2.12. The smallest absolute Gasteiger partial charge is 0.267 e. The summed E-state index contributed by atoms with van der Waals surface area (Å²) in [6, 6.07) is 5.43. The minimum absolute atomic E-state index is 0.153. The Hall–Kier alpha value is -2.24. The SMILES string of the molecule is C[C@H](Oc1ccc2c(c1)OCO2)c1nc(C(C)(C)C)no1. The Balaban J connectivity index is 1.74.